The Hall–Kier alpha value is -0.480. The Balaban J connectivity index is 2.94. The Kier molecular flexibility index (Phi) is 2.13. The number of aromatic nitrogens is 2. The van der Waals surface area contributed by atoms with Crippen molar-refractivity contribution in [2.75, 3.05) is 0 Å². The summed E-state index contributed by atoms with van der Waals surface area (Å²) in [5.74, 6) is 0. The molecule has 9 heavy (non-hydrogen) atoms. The molecule has 0 saturated carbocycles. The molecule has 0 saturated heterocycles. The van der Waals surface area contributed by atoms with Crippen LogP contribution in [0.4, 0.5) is 0 Å². The van der Waals surface area contributed by atoms with Crippen LogP contribution in [0.15, 0.2) is 17.0 Å². The fraction of sp³-hybridized carbons (Fsp3) is 0.200. The van der Waals surface area contributed by atoms with E-state index in [0.29, 0.717) is 10.3 Å². The van der Waals surface area contributed by atoms with Crippen LogP contribution in [0.25, 0.3) is 0 Å². The summed E-state index contributed by atoms with van der Waals surface area (Å²) in [6, 6.07) is 1.67. The van der Waals surface area contributed by atoms with Crippen molar-refractivity contribution >= 4 is 15.9 Å². The van der Waals surface area contributed by atoms with E-state index in [9.17, 15) is 0 Å². The Morgan fingerprint density at radius 3 is 2.78 bits per heavy atom. The highest BCUT2D eigenvalue weighted by Gasteiger charge is 1.91. The molecular formula is C5H5BrN2O. The van der Waals surface area contributed by atoms with Crippen LogP contribution in [0, 0.1) is 0 Å². The summed E-state index contributed by atoms with van der Waals surface area (Å²) in [6.45, 7) is -0.0406. The van der Waals surface area contributed by atoms with Crippen molar-refractivity contribution in [3.63, 3.8) is 0 Å². The highest BCUT2D eigenvalue weighted by atomic mass is 79.9. The van der Waals surface area contributed by atoms with E-state index < -0.39 is 0 Å². The van der Waals surface area contributed by atoms with E-state index in [4.69, 9.17) is 5.11 Å². The van der Waals surface area contributed by atoms with Crippen LogP contribution in [0.2, 0.25) is 0 Å². The normalized spacial score (nSPS) is 9.56. The second kappa shape index (κ2) is 2.89. The zero-order valence-corrected chi connectivity index (χ0v) is 6.17. The van der Waals surface area contributed by atoms with E-state index in [1.54, 1.807) is 6.07 Å². The van der Waals surface area contributed by atoms with Crippen LogP contribution in [-0.2, 0) is 6.61 Å². The Labute approximate surface area is 60.9 Å². The summed E-state index contributed by atoms with van der Waals surface area (Å²) in [5, 5.41) is 8.55. The molecule has 0 spiro atoms. The maximum Gasteiger partial charge on any atom is 0.117 e. The number of hydrogen-bond donors (Lipinski definition) is 1. The molecular weight excluding hydrogens is 184 g/mol. The number of halogens is 1. The lowest BCUT2D eigenvalue weighted by molar-refractivity contribution is 0.276. The minimum Gasteiger partial charge on any atom is -0.390 e. The van der Waals surface area contributed by atoms with Gasteiger partial charge in [-0.05, 0) is 22.0 Å². The van der Waals surface area contributed by atoms with Gasteiger partial charge in [0.2, 0.25) is 0 Å². The second-order valence-corrected chi connectivity index (χ2v) is 2.30. The topological polar surface area (TPSA) is 46.0 Å². The summed E-state index contributed by atoms with van der Waals surface area (Å²) in [5.41, 5.74) is 0.622. The zero-order chi connectivity index (χ0) is 6.69. The van der Waals surface area contributed by atoms with E-state index in [2.05, 4.69) is 25.9 Å². The fourth-order valence-corrected chi connectivity index (χ4v) is 0.812. The third-order valence-corrected chi connectivity index (χ3v) is 1.29. The van der Waals surface area contributed by atoms with Gasteiger partial charge in [-0.2, -0.15) is 0 Å². The van der Waals surface area contributed by atoms with E-state index in [1.807, 2.05) is 0 Å². The van der Waals surface area contributed by atoms with Crippen LogP contribution < -0.4 is 0 Å². The molecule has 4 heteroatoms. The molecule has 0 aromatic carbocycles. The third kappa shape index (κ3) is 1.73. The Morgan fingerprint density at radius 2 is 2.33 bits per heavy atom. The van der Waals surface area contributed by atoms with Gasteiger partial charge in [0.1, 0.15) is 10.9 Å². The minimum atomic E-state index is -0.0406. The van der Waals surface area contributed by atoms with Crippen molar-refractivity contribution in [1.82, 2.24) is 9.97 Å². The molecule has 1 aromatic rings. The lowest BCUT2D eigenvalue weighted by atomic mass is 10.4. The molecule has 0 aliphatic rings. The molecule has 3 nitrogen and oxygen atoms in total. The standard InChI is InChI=1S/C5H5BrN2O/c6-5-1-4(2-9)7-3-8-5/h1,3,9H,2H2. The van der Waals surface area contributed by atoms with E-state index in [1.165, 1.54) is 6.33 Å². The van der Waals surface area contributed by atoms with Gasteiger partial charge in [-0.1, -0.05) is 0 Å². The minimum absolute atomic E-state index is 0.0406. The molecule has 0 aliphatic carbocycles. The van der Waals surface area contributed by atoms with Crippen molar-refractivity contribution < 1.29 is 5.11 Å². The largest absolute Gasteiger partial charge is 0.390 e. The lowest BCUT2D eigenvalue weighted by Gasteiger charge is -1.91. The van der Waals surface area contributed by atoms with Crippen molar-refractivity contribution in [3.8, 4) is 0 Å². The summed E-state index contributed by atoms with van der Waals surface area (Å²) in [7, 11) is 0. The van der Waals surface area contributed by atoms with Gasteiger partial charge in [0.15, 0.2) is 0 Å². The molecule has 0 amide bonds. The summed E-state index contributed by atoms with van der Waals surface area (Å²) >= 11 is 3.14. The van der Waals surface area contributed by atoms with Gasteiger partial charge in [0.25, 0.3) is 0 Å². The van der Waals surface area contributed by atoms with E-state index >= 15 is 0 Å². The maximum atomic E-state index is 8.55. The first-order valence-corrected chi connectivity index (χ1v) is 3.19. The fourth-order valence-electron chi connectivity index (χ4n) is 0.457. The highest BCUT2D eigenvalue weighted by molar-refractivity contribution is 9.10. The Morgan fingerprint density at radius 1 is 1.56 bits per heavy atom. The molecule has 0 radical (unpaired) electrons. The first-order valence-electron chi connectivity index (χ1n) is 2.40. The molecule has 1 N–H and O–H groups in total. The molecule has 48 valence electrons. The zero-order valence-electron chi connectivity index (χ0n) is 4.58. The van der Waals surface area contributed by atoms with Gasteiger partial charge < -0.3 is 5.11 Å². The maximum absolute atomic E-state index is 8.55. The van der Waals surface area contributed by atoms with Crippen LogP contribution in [0.1, 0.15) is 5.69 Å². The van der Waals surface area contributed by atoms with Gasteiger partial charge in [-0.3, -0.25) is 0 Å². The van der Waals surface area contributed by atoms with Crippen molar-refractivity contribution in [1.29, 1.82) is 0 Å². The van der Waals surface area contributed by atoms with Crippen LogP contribution >= 0.6 is 15.9 Å². The van der Waals surface area contributed by atoms with E-state index in [-0.39, 0.29) is 6.61 Å². The predicted octanol–water partition coefficient (Wildman–Crippen LogP) is 0.731. The Bertz CT molecular complexity index is 204. The quantitative estimate of drug-likeness (QED) is 0.662. The lowest BCUT2D eigenvalue weighted by Crippen LogP contribution is -1.88. The number of nitrogens with zero attached hydrogens (tertiary/aromatic N) is 2. The summed E-state index contributed by atoms with van der Waals surface area (Å²) < 4.78 is 0.696. The third-order valence-electron chi connectivity index (χ3n) is 0.852. The van der Waals surface area contributed by atoms with E-state index in [0.717, 1.165) is 0 Å². The monoisotopic (exact) mass is 188 g/mol. The van der Waals surface area contributed by atoms with Gasteiger partial charge in [-0.15, -0.1) is 0 Å². The molecule has 0 unspecified atom stereocenters. The van der Waals surface area contributed by atoms with Gasteiger partial charge in [0.05, 0.1) is 12.3 Å². The van der Waals surface area contributed by atoms with Crippen molar-refractivity contribution in [2.45, 2.75) is 6.61 Å². The average Bonchev–Trinajstić information content (AvgIpc) is 1.88. The molecule has 0 bridgehead atoms. The average molecular weight is 189 g/mol. The number of aliphatic hydroxyl groups excluding tert-OH is 1. The molecule has 1 rings (SSSR count). The van der Waals surface area contributed by atoms with Crippen molar-refractivity contribution in [3.05, 3.63) is 22.7 Å². The predicted molar refractivity (Wildman–Crippen MR) is 35.7 cm³/mol. The molecule has 0 aliphatic heterocycles. The molecule has 0 atom stereocenters. The van der Waals surface area contributed by atoms with Crippen LogP contribution in [0.3, 0.4) is 0 Å². The highest BCUT2D eigenvalue weighted by Crippen LogP contribution is 2.04. The van der Waals surface area contributed by atoms with Gasteiger partial charge in [0, 0.05) is 0 Å². The van der Waals surface area contributed by atoms with Gasteiger partial charge in [-0.25, -0.2) is 9.97 Å². The second-order valence-electron chi connectivity index (χ2n) is 1.49. The first kappa shape index (κ1) is 6.64. The van der Waals surface area contributed by atoms with Gasteiger partial charge >= 0.3 is 0 Å². The SMILES string of the molecule is OCc1cc(Br)ncn1. The molecule has 0 fully saturated rings. The number of aliphatic hydroxyl groups is 1. The first-order chi connectivity index (χ1) is 4.33. The molecule has 1 heterocycles. The summed E-state index contributed by atoms with van der Waals surface area (Å²) in [4.78, 5) is 7.55. The summed E-state index contributed by atoms with van der Waals surface area (Å²) in [6.07, 6.45) is 1.40. The number of rotatable bonds is 1. The van der Waals surface area contributed by atoms with Crippen LogP contribution in [0.5, 0.6) is 0 Å². The van der Waals surface area contributed by atoms with Crippen LogP contribution in [-0.4, -0.2) is 15.1 Å². The smallest absolute Gasteiger partial charge is 0.117 e. The van der Waals surface area contributed by atoms with Crippen molar-refractivity contribution in [2.24, 2.45) is 0 Å². The number of hydrogen-bond acceptors (Lipinski definition) is 3. The molecule has 1 aromatic heterocycles.